The molecule has 4 fully saturated rings. The molecule has 2 amide bonds. The van der Waals surface area contributed by atoms with Gasteiger partial charge in [-0.05, 0) is 136 Å². The second kappa shape index (κ2) is 62.2. The summed E-state index contributed by atoms with van der Waals surface area (Å²) in [6, 6.07) is 9.80. The Morgan fingerprint density at radius 2 is 0.941 bits per heavy atom. The molecule has 6 heterocycles. The molecule has 0 radical (unpaired) electrons. The summed E-state index contributed by atoms with van der Waals surface area (Å²) in [6.45, 7) is 26.8. The van der Waals surface area contributed by atoms with Crippen molar-refractivity contribution in [3.05, 3.63) is 60.2 Å². The maximum absolute atomic E-state index is 10.4. The second-order valence-electron chi connectivity index (χ2n) is 10.0. The fourth-order valence-corrected chi connectivity index (χ4v) is 3.59. The van der Waals surface area contributed by atoms with Crippen LogP contribution in [0.25, 0.3) is 0 Å². The van der Waals surface area contributed by atoms with Gasteiger partial charge in [-0.1, -0.05) is 67.9 Å². The van der Waals surface area contributed by atoms with Crippen LogP contribution in [0.3, 0.4) is 0 Å². The van der Waals surface area contributed by atoms with Crippen LogP contribution in [0.15, 0.2) is 48.9 Å². The van der Waals surface area contributed by atoms with Crippen molar-refractivity contribution in [3.63, 3.8) is 0 Å². The molecule has 6 rings (SSSR count). The molecule has 10 nitrogen and oxygen atoms in total. The minimum Gasteiger partial charge on any atom is -0.356 e. The summed E-state index contributed by atoms with van der Waals surface area (Å²) < 4.78 is 0. The average molecular weight is 723 g/mol. The van der Waals surface area contributed by atoms with E-state index < -0.39 is 0 Å². The fourth-order valence-electron chi connectivity index (χ4n) is 3.59. The van der Waals surface area contributed by atoms with E-state index in [9.17, 15) is 9.59 Å². The maximum atomic E-state index is 10.4. The summed E-state index contributed by atoms with van der Waals surface area (Å²) >= 11 is 0. The van der Waals surface area contributed by atoms with E-state index >= 15 is 0 Å². The largest absolute Gasteiger partial charge is 0.356 e. The standard InChI is InChI=1S/2C6H7N.C5H9NO.C5H11N.C4H7NO.C4H9N.C2H7N.4C2H6.CH5N/c1-6-2-4-7-5-3-6;1-6-4-2-3-5-7-6;7-5-3-1-2-4-6-5;1-2-4-6-5-3-1;6-4-2-1-3-5-4;1-2-4-5-3-1;1-3-2;5*1-2/h2*2-5H,1H3;1-4H2,(H,6,7);6H,1-5H2;1-3H2,(H,5,6);5H,1-4H2;3H,1-2H3;4*1-2H3;2H2,1H3. The zero-order chi connectivity index (χ0) is 40.2. The van der Waals surface area contributed by atoms with E-state index in [1.807, 2.05) is 114 Å². The monoisotopic (exact) mass is 723 g/mol. The lowest BCUT2D eigenvalue weighted by Gasteiger charge is -2.08. The molecule has 0 aliphatic carbocycles. The lowest BCUT2D eigenvalue weighted by Crippen LogP contribution is -2.28. The first-order valence-electron chi connectivity index (χ1n) is 19.8. The molecule has 0 saturated carbocycles. The Balaban J connectivity index is -0.000000112. The Hall–Kier alpha value is -2.92. The predicted octanol–water partition coefficient (Wildman–Crippen LogP) is 7.61. The quantitative estimate of drug-likeness (QED) is 0.163. The maximum Gasteiger partial charge on any atom is 0.220 e. The van der Waals surface area contributed by atoms with Gasteiger partial charge in [0.2, 0.25) is 11.8 Å². The Morgan fingerprint density at radius 1 is 0.549 bits per heavy atom. The first kappa shape index (κ1) is 60.2. The summed E-state index contributed by atoms with van der Waals surface area (Å²) in [7, 11) is 5.25. The van der Waals surface area contributed by atoms with E-state index in [1.54, 1.807) is 18.6 Å². The van der Waals surface area contributed by atoms with Crippen molar-refractivity contribution in [1.82, 2.24) is 36.6 Å². The molecule has 0 bridgehead atoms. The van der Waals surface area contributed by atoms with Gasteiger partial charge < -0.3 is 32.3 Å². The van der Waals surface area contributed by atoms with Gasteiger partial charge in [-0.2, -0.15) is 0 Å². The minimum absolute atomic E-state index is 0.204. The number of amides is 2. The Labute approximate surface area is 317 Å². The van der Waals surface area contributed by atoms with Crippen molar-refractivity contribution < 1.29 is 9.59 Å². The van der Waals surface area contributed by atoms with Crippen LogP contribution in [0, 0.1) is 13.8 Å². The van der Waals surface area contributed by atoms with Crippen LogP contribution in [0.1, 0.15) is 131 Å². The van der Waals surface area contributed by atoms with Gasteiger partial charge in [0.15, 0.2) is 0 Å². The van der Waals surface area contributed by atoms with Crippen molar-refractivity contribution in [1.29, 1.82) is 0 Å². The lowest BCUT2D eigenvalue weighted by molar-refractivity contribution is -0.122. The normalized spacial score (nSPS) is 13.9. The number of piperidine rings is 2. The van der Waals surface area contributed by atoms with Gasteiger partial charge in [-0.15, -0.1) is 0 Å². The van der Waals surface area contributed by atoms with Gasteiger partial charge in [0.25, 0.3) is 0 Å². The third-order valence-corrected chi connectivity index (χ3v) is 5.88. The van der Waals surface area contributed by atoms with Crippen LogP contribution in [-0.4, -0.2) is 82.2 Å². The molecule has 7 N–H and O–H groups in total. The highest BCUT2D eigenvalue weighted by Crippen LogP contribution is 1.98. The molecule has 10 heteroatoms. The predicted molar refractivity (Wildman–Crippen MR) is 226 cm³/mol. The van der Waals surface area contributed by atoms with E-state index in [4.69, 9.17) is 0 Å². The highest BCUT2D eigenvalue weighted by atomic mass is 16.2. The van der Waals surface area contributed by atoms with Crippen LogP contribution in [0.4, 0.5) is 0 Å². The number of carbonyl (C=O) groups excluding carboxylic acids is 2. The number of nitrogens with two attached hydrogens (primary N) is 1. The fraction of sp³-hybridized carbons (Fsp3) is 0.707. The summed E-state index contributed by atoms with van der Waals surface area (Å²) in [5, 5.41) is 14.7. The van der Waals surface area contributed by atoms with E-state index in [-0.39, 0.29) is 11.8 Å². The minimum atomic E-state index is 0.204. The van der Waals surface area contributed by atoms with E-state index in [1.165, 1.54) is 70.9 Å². The van der Waals surface area contributed by atoms with Crippen molar-refractivity contribution in [3.8, 4) is 0 Å². The third kappa shape index (κ3) is 62.6. The van der Waals surface area contributed by atoms with Crippen LogP contribution in [0.5, 0.6) is 0 Å². The Morgan fingerprint density at radius 3 is 1.12 bits per heavy atom. The van der Waals surface area contributed by atoms with Crippen LogP contribution >= 0.6 is 0 Å². The van der Waals surface area contributed by atoms with Gasteiger partial charge in [0.1, 0.15) is 0 Å². The van der Waals surface area contributed by atoms with Crippen molar-refractivity contribution in [2.75, 3.05) is 60.4 Å². The summed E-state index contributed by atoms with van der Waals surface area (Å²) in [6.07, 6.45) is 17.1. The summed E-state index contributed by atoms with van der Waals surface area (Å²) in [5.41, 5.74) is 6.83. The van der Waals surface area contributed by atoms with Gasteiger partial charge in [-0.25, -0.2) is 0 Å². The molecule has 0 spiro atoms. The van der Waals surface area contributed by atoms with Crippen LogP contribution in [0.2, 0.25) is 0 Å². The van der Waals surface area contributed by atoms with Gasteiger partial charge in [0, 0.05) is 50.2 Å². The molecule has 4 saturated heterocycles. The number of aromatic nitrogens is 2. The summed E-state index contributed by atoms with van der Waals surface area (Å²) in [4.78, 5) is 28.3. The highest BCUT2D eigenvalue weighted by Gasteiger charge is 2.05. The first-order chi connectivity index (χ1) is 25.0. The number of nitrogens with zero attached hydrogens (tertiary/aromatic N) is 2. The topological polar surface area (TPSA) is 146 Å². The molecule has 0 aromatic carbocycles. The number of carbonyl (C=O) groups is 2. The molecule has 2 aromatic heterocycles. The third-order valence-electron chi connectivity index (χ3n) is 5.88. The number of nitrogens with one attached hydrogen (secondary N) is 5. The number of hydrogen-bond acceptors (Lipinski definition) is 8. The average Bonchev–Trinajstić information content (AvgIpc) is 3.97. The lowest BCUT2D eigenvalue weighted by atomic mass is 10.2. The van der Waals surface area contributed by atoms with Crippen molar-refractivity contribution >= 4 is 11.8 Å². The smallest absolute Gasteiger partial charge is 0.220 e. The molecule has 4 aliphatic rings. The number of hydrogen-bond donors (Lipinski definition) is 6. The van der Waals surface area contributed by atoms with Gasteiger partial charge >= 0.3 is 0 Å². The molecule has 0 atom stereocenters. The van der Waals surface area contributed by atoms with E-state index in [0.29, 0.717) is 0 Å². The van der Waals surface area contributed by atoms with Crippen LogP contribution < -0.4 is 32.3 Å². The van der Waals surface area contributed by atoms with Crippen LogP contribution in [-0.2, 0) is 9.59 Å². The van der Waals surface area contributed by atoms with E-state index in [2.05, 4.69) is 42.3 Å². The zero-order valence-corrected chi connectivity index (χ0v) is 35.7. The molecular formula is C41H86N8O2. The van der Waals surface area contributed by atoms with E-state index in [0.717, 1.165) is 50.9 Å². The van der Waals surface area contributed by atoms with Gasteiger partial charge in [-0.3, -0.25) is 19.6 Å². The number of pyridine rings is 2. The molecule has 4 aliphatic heterocycles. The molecular weight excluding hydrogens is 637 g/mol. The number of rotatable bonds is 0. The number of aryl methyl sites for hydroxylation is 2. The molecule has 2 aromatic rings. The van der Waals surface area contributed by atoms with Crippen molar-refractivity contribution in [2.24, 2.45) is 5.73 Å². The Kier molecular flexibility index (Phi) is 73.4. The molecule has 302 valence electrons. The molecule has 0 unspecified atom stereocenters. The molecule has 51 heavy (non-hydrogen) atoms. The first-order valence-corrected chi connectivity index (χ1v) is 19.8. The summed E-state index contributed by atoms with van der Waals surface area (Å²) in [5.74, 6) is 0.418. The van der Waals surface area contributed by atoms with Gasteiger partial charge in [0.05, 0.1) is 0 Å². The Bertz CT molecular complexity index is 763. The van der Waals surface area contributed by atoms with Crippen molar-refractivity contribution in [2.45, 2.75) is 133 Å². The zero-order valence-electron chi connectivity index (χ0n) is 35.7. The second-order valence-corrected chi connectivity index (χ2v) is 10.0. The highest BCUT2D eigenvalue weighted by molar-refractivity contribution is 5.77. The SMILES string of the molecule is C1CCNC1.C1CCNCC1.CC.CC.CC.CC.CN.CNC.Cc1ccccn1.Cc1ccncc1.O=C1CCCCN1.O=C1CCCN1.